The van der Waals surface area contributed by atoms with E-state index >= 15 is 8.78 Å². The van der Waals surface area contributed by atoms with Gasteiger partial charge in [0, 0.05) is 29.3 Å². The fourth-order valence-corrected chi connectivity index (χ4v) is 10.8. The molecule has 2 bridgehead atoms. The van der Waals surface area contributed by atoms with Gasteiger partial charge in [0.2, 0.25) is 11.8 Å². The van der Waals surface area contributed by atoms with Gasteiger partial charge < -0.3 is 39.9 Å². The van der Waals surface area contributed by atoms with Crippen LogP contribution in [-0.4, -0.2) is 92.6 Å². The van der Waals surface area contributed by atoms with Crippen molar-refractivity contribution in [2.45, 2.75) is 115 Å². The number of imidazole rings is 2. The lowest BCUT2D eigenvalue weighted by molar-refractivity contribution is -0.139. The Labute approximate surface area is 382 Å². The summed E-state index contributed by atoms with van der Waals surface area (Å²) in [6.45, 7) is 8.03. The Morgan fingerprint density at radius 1 is 0.742 bits per heavy atom. The highest BCUT2D eigenvalue weighted by atomic mass is 19.3. The molecular formula is C50H58F2N8O6. The van der Waals surface area contributed by atoms with Crippen LogP contribution in [0.1, 0.15) is 114 Å². The number of amides is 4. The number of rotatable bonds is 10. The number of halogens is 2. The standard InChI is InChI=1S/C50H58F2N8O6/c1-26(2)41(57-48(63)65-5)46(61)59-20-10-8-7-9-11-40(59)44-53-25-39(56-44)30-14-18-34-33-17-13-28(22-35(33)50(51,52)36(34)23-30)29-15-19-37-38(24-29)55-45(54-37)43-31-12-16-32(21-31)60(43)47(62)42(27(3)4)58-49(64)66-6/h13-15,17-19,22-27,31-32,40-43H,7-12,16,20-21H2,1-6H3,(H,53,56)(H,54,55)(H,57,63)(H,58,64)/t31-,32+,40-,41-,42-,43-/m0/s1. The number of ether oxygens (including phenoxy) is 2. The summed E-state index contributed by atoms with van der Waals surface area (Å²) in [6.07, 6.45) is 7.36. The molecule has 16 heteroatoms. The molecule has 5 aromatic rings. The Bertz CT molecular complexity index is 2680. The van der Waals surface area contributed by atoms with Crippen LogP contribution in [-0.2, 0) is 25.0 Å². The molecule has 2 saturated heterocycles. The van der Waals surface area contributed by atoms with Crippen LogP contribution in [0.3, 0.4) is 0 Å². The van der Waals surface area contributed by atoms with Crippen molar-refractivity contribution in [3.63, 3.8) is 0 Å². The Balaban J connectivity index is 0.963. The Hall–Kier alpha value is -6.32. The van der Waals surface area contributed by atoms with Gasteiger partial charge in [0.15, 0.2) is 0 Å². The number of methoxy groups -OCH3 is 2. The lowest BCUT2D eigenvalue weighted by atomic mass is 9.95. The van der Waals surface area contributed by atoms with Crippen LogP contribution in [0.5, 0.6) is 0 Å². The van der Waals surface area contributed by atoms with E-state index in [1.165, 1.54) is 20.3 Å². The molecule has 3 aromatic carbocycles. The van der Waals surface area contributed by atoms with E-state index in [0.717, 1.165) is 56.0 Å². The molecule has 66 heavy (non-hydrogen) atoms. The van der Waals surface area contributed by atoms with Crippen molar-refractivity contribution in [1.29, 1.82) is 0 Å². The van der Waals surface area contributed by atoms with Crippen molar-refractivity contribution in [1.82, 2.24) is 40.4 Å². The molecule has 4 aliphatic rings. The third kappa shape index (κ3) is 8.05. The average Bonchev–Trinajstić information content (AvgIpc) is 4.15. The largest absolute Gasteiger partial charge is 0.453 e. The number of hydrogen-bond acceptors (Lipinski definition) is 8. The van der Waals surface area contributed by atoms with Crippen molar-refractivity contribution in [3.8, 4) is 33.5 Å². The minimum Gasteiger partial charge on any atom is -0.453 e. The molecule has 4 N–H and O–H groups in total. The summed E-state index contributed by atoms with van der Waals surface area (Å²) in [5, 5.41) is 5.44. The van der Waals surface area contributed by atoms with E-state index in [2.05, 4.69) is 20.6 Å². The summed E-state index contributed by atoms with van der Waals surface area (Å²) >= 11 is 0. The number of alkyl halides is 2. The quantitative estimate of drug-likeness (QED) is 0.107. The zero-order valence-electron chi connectivity index (χ0n) is 38.3. The molecule has 9 rings (SSSR count). The number of nitrogens with one attached hydrogen (secondary N) is 4. The van der Waals surface area contributed by atoms with Gasteiger partial charge in [0.25, 0.3) is 5.92 Å². The maximum Gasteiger partial charge on any atom is 0.407 e. The smallest absolute Gasteiger partial charge is 0.407 e. The number of aromatic amines is 2. The fourth-order valence-electron chi connectivity index (χ4n) is 10.8. The van der Waals surface area contributed by atoms with Gasteiger partial charge in [-0.05, 0) is 96.4 Å². The number of nitrogens with zero attached hydrogens (tertiary/aromatic N) is 4. The number of alkyl carbamates (subject to hydrolysis) is 2. The molecule has 0 unspecified atom stereocenters. The van der Waals surface area contributed by atoms with Gasteiger partial charge in [0.05, 0.1) is 49.2 Å². The summed E-state index contributed by atoms with van der Waals surface area (Å²) in [5.74, 6) is -2.57. The van der Waals surface area contributed by atoms with E-state index in [0.29, 0.717) is 58.1 Å². The minimum absolute atomic E-state index is 0.0446. The van der Waals surface area contributed by atoms with Gasteiger partial charge in [-0.3, -0.25) is 9.59 Å². The predicted octanol–water partition coefficient (Wildman–Crippen LogP) is 9.39. The summed E-state index contributed by atoms with van der Waals surface area (Å²) < 4.78 is 43.1. The topological polar surface area (TPSA) is 175 Å². The van der Waals surface area contributed by atoms with Crippen molar-refractivity contribution < 1.29 is 37.4 Å². The highest BCUT2D eigenvalue weighted by Crippen LogP contribution is 2.53. The zero-order valence-corrected chi connectivity index (χ0v) is 38.3. The number of carbonyl (C=O) groups is 4. The van der Waals surface area contributed by atoms with E-state index in [-0.39, 0.29) is 52.8 Å². The number of H-pyrrole nitrogens is 2. The molecule has 3 fully saturated rings. The molecule has 348 valence electrons. The Morgan fingerprint density at radius 3 is 2.05 bits per heavy atom. The molecule has 4 heterocycles. The Kier molecular flexibility index (Phi) is 12.1. The molecule has 6 atom stereocenters. The lowest BCUT2D eigenvalue weighted by Crippen LogP contribution is -2.54. The number of carbonyl (C=O) groups excluding carboxylic acids is 4. The van der Waals surface area contributed by atoms with Crippen molar-refractivity contribution in [3.05, 3.63) is 83.6 Å². The molecule has 2 aliphatic heterocycles. The van der Waals surface area contributed by atoms with E-state index in [1.54, 1.807) is 29.3 Å². The van der Waals surface area contributed by atoms with E-state index in [1.807, 2.05) is 62.9 Å². The summed E-state index contributed by atoms with van der Waals surface area (Å²) in [4.78, 5) is 72.8. The second-order valence-electron chi connectivity index (χ2n) is 19.0. The van der Waals surface area contributed by atoms with E-state index in [4.69, 9.17) is 19.4 Å². The van der Waals surface area contributed by atoms with Gasteiger partial charge >= 0.3 is 12.2 Å². The van der Waals surface area contributed by atoms with E-state index in [9.17, 15) is 19.2 Å². The number of aromatic nitrogens is 4. The number of fused-ring (bicyclic) bond motifs is 6. The van der Waals surface area contributed by atoms with Gasteiger partial charge in [-0.2, -0.15) is 8.78 Å². The highest BCUT2D eigenvalue weighted by molar-refractivity contribution is 5.89. The van der Waals surface area contributed by atoms with Crippen LogP contribution in [0.4, 0.5) is 18.4 Å². The molecule has 0 spiro atoms. The van der Waals surface area contributed by atoms with Gasteiger partial charge in [-0.15, -0.1) is 0 Å². The molecule has 2 aliphatic carbocycles. The zero-order chi connectivity index (χ0) is 46.6. The number of benzene rings is 3. The maximum atomic E-state index is 16.7. The lowest BCUT2D eigenvalue weighted by Gasteiger charge is -2.37. The first-order chi connectivity index (χ1) is 31.7. The van der Waals surface area contributed by atoms with Crippen LogP contribution in [0.15, 0.2) is 60.8 Å². The summed E-state index contributed by atoms with van der Waals surface area (Å²) in [6, 6.07) is 13.8. The average molecular weight is 905 g/mol. The van der Waals surface area contributed by atoms with Crippen LogP contribution in [0.2, 0.25) is 0 Å². The monoisotopic (exact) mass is 904 g/mol. The maximum absolute atomic E-state index is 16.7. The third-order valence-electron chi connectivity index (χ3n) is 14.3. The first-order valence-corrected chi connectivity index (χ1v) is 23.2. The van der Waals surface area contributed by atoms with Gasteiger partial charge in [-0.25, -0.2) is 19.6 Å². The second kappa shape index (κ2) is 17.8. The molecule has 1 saturated carbocycles. The fraction of sp³-hybridized carbons (Fsp3) is 0.480. The van der Waals surface area contributed by atoms with Gasteiger partial charge in [0.1, 0.15) is 23.7 Å². The van der Waals surface area contributed by atoms with Gasteiger partial charge in [-0.1, -0.05) is 77.3 Å². The SMILES string of the molecule is COC(=O)N[C@H](C(=O)N1CCCCCC[C@H]1c1ncc(-c2ccc3c(c2)C(F)(F)c2cc(-c4ccc5nc([C@@H]6[C@H]7CC[C@H](C7)N6C(=O)[C@@H](NC(=O)OC)C(C)C)[nH]c5c4)ccc2-3)[nH]1)C(C)C. The number of likely N-dealkylation sites (tertiary alicyclic amines) is 2. The third-order valence-corrected chi connectivity index (χ3v) is 14.3. The van der Waals surface area contributed by atoms with Crippen LogP contribution >= 0.6 is 0 Å². The number of piperidine rings is 1. The molecule has 4 amide bonds. The van der Waals surface area contributed by atoms with Crippen LogP contribution in [0, 0.1) is 17.8 Å². The Morgan fingerprint density at radius 2 is 1.36 bits per heavy atom. The summed E-state index contributed by atoms with van der Waals surface area (Å²) in [5.41, 5.74) is 4.66. The molecule has 2 aromatic heterocycles. The molecular weight excluding hydrogens is 847 g/mol. The van der Waals surface area contributed by atoms with E-state index < -0.39 is 36.2 Å². The predicted molar refractivity (Wildman–Crippen MR) is 244 cm³/mol. The normalized spacial score (nSPS) is 21.8. The summed E-state index contributed by atoms with van der Waals surface area (Å²) in [7, 11) is 2.54. The van der Waals surface area contributed by atoms with Crippen LogP contribution < -0.4 is 10.6 Å². The molecule has 0 radical (unpaired) electrons. The first-order valence-electron chi connectivity index (χ1n) is 23.2. The highest BCUT2D eigenvalue weighted by Gasteiger charge is 2.52. The van der Waals surface area contributed by atoms with Crippen LogP contribution in [0.25, 0.3) is 44.5 Å². The van der Waals surface area contributed by atoms with Crippen molar-refractivity contribution in [2.75, 3.05) is 20.8 Å². The minimum atomic E-state index is -3.29. The van der Waals surface area contributed by atoms with Crippen molar-refractivity contribution in [2.24, 2.45) is 17.8 Å². The first kappa shape index (κ1) is 44.9. The van der Waals surface area contributed by atoms with Crippen molar-refractivity contribution >= 4 is 35.0 Å². The second-order valence-corrected chi connectivity index (χ2v) is 19.0. The molecule has 14 nitrogen and oxygen atoms in total. The number of hydrogen-bond donors (Lipinski definition) is 4.